The van der Waals surface area contributed by atoms with Crippen LogP contribution in [0.2, 0.25) is 0 Å². The maximum Gasteiger partial charge on any atom is 0.248 e. The molecule has 0 saturated carbocycles. The quantitative estimate of drug-likeness (QED) is 0.494. The highest BCUT2D eigenvalue weighted by molar-refractivity contribution is 5.93. The maximum absolute atomic E-state index is 11.3. The molecule has 8 heteroatoms. The van der Waals surface area contributed by atoms with Gasteiger partial charge >= 0.3 is 0 Å². The van der Waals surface area contributed by atoms with Gasteiger partial charge in [0.2, 0.25) is 5.91 Å². The number of imidazole rings is 1. The van der Waals surface area contributed by atoms with Gasteiger partial charge in [-0.1, -0.05) is 12.1 Å². The van der Waals surface area contributed by atoms with Gasteiger partial charge in [0.05, 0.1) is 13.4 Å². The number of hydrogen-bond acceptors (Lipinski definition) is 6. The molecule has 4 N–H and O–H groups in total. The van der Waals surface area contributed by atoms with Gasteiger partial charge < -0.3 is 20.8 Å². The highest BCUT2D eigenvalue weighted by Gasteiger charge is 2.13. The Labute approximate surface area is 160 Å². The van der Waals surface area contributed by atoms with E-state index >= 15 is 0 Å². The zero-order chi connectivity index (χ0) is 19.7. The Morgan fingerprint density at radius 2 is 1.93 bits per heavy atom. The van der Waals surface area contributed by atoms with E-state index in [0.717, 1.165) is 22.6 Å². The average molecular weight is 374 g/mol. The third kappa shape index (κ3) is 3.23. The molecule has 2 aromatic carbocycles. The smallest absolute Gasteiger partial charge is 0.248 e. The van der Waals surface area contributed by atoms with Crippen molar-refractivity contribution in [3.8, 4) is 17.1 Å². The largest absolute Gasteiger partial charge is 0.496 e. The highest BCUT2D eigenvalue weighted by Crippen LogP contribution is 2.28. The maximum atomic E-state index is 11.3. The van der Waals surface area contributed by atoms with Crippen LogP contribution in [-0.2, 0) is 0 Å². The van der Waals surface area contributed by atoms with Crippen molar-refractivity contribution in [3.63, 3.8) is 0 Å². The lowest BCUT2D eigenvalue weighted by Gasteiger charge is -2.11. The lowest BCUT2D eigenvalue weighted by Crippen LogP contribution is -2.10. The topological polar surface area (TPSA) is 119 Å². The van der Waals surface area contributed by atoms with Gasteiger partial charge in [0.25, 0.3) is 0 Å². The van der Waals surface area contributed by atoms with Crippen molar-refractivity contribution >= 4 is 28.6 Å². The van der Waals surface area contributed by atoms with Crippen molar-refractivity contribution in [2.24, 2.45) is 5.73 Å². The third-order valence-corrected chi connectivity index (χ3v) is 4.37. The molecule has 8 nitrogen and oxygen atoms in total. The van der Waals surface area contributed by atoms with Crippen molar-refractivity contribution < 1.29 is 9.53 Å². The molecule has 4 rings (SSSR count). The molecule has 0 unspecified atom stereocenters. The van der Waals surface area contributed by atoms with Crippen LogP contribution in [-0.4, -0.2) is 33.0 Å². The molecular weight excluding hydrogens is 356 g/mol. The minimum absolute atomic E-state index is 0.427. The summed E-state index contributed by atoms with van der Waals surface area (Å²) in [4.78, 5) is 27.7. The number of aromatic nitrogens is 4. The second-order valence-electron chi connectivity index (χ2n) is 6.25. The molecule has 0 aliphatic heterocycles. The second kappa shape index (κ2) is 6.99. The number of rotatable bonds is 5. The summed E-state index contributed by atoms with van der Waals surface area (Å²) in [5.74, 6) is 1.42. The van der Waals surface area contributed by atoms with E-state index in [1.54, 1.807) is 37.7 Å². The molecule has 0 fully saturated rings. The van der Waals surface area contributed by atoms with Gasteiger partial charge in [-0.2, -0.15) is 0 Å². The lowest BCUT2D eigenvalue weighted by molar-refractivity contribution is 0.100. The van der Waals surface area contributed by atoms with E-state index in [1.165, 1.54) is 0 Å². The van der Waals surface area contributed by atoms with E-state index < -0.39 is 5.91 Å². The molecule has 28 heavy (non-hydrogen) atoms. The van der Waals surface area contributed by atoms with Crippen LogP contribution in [0.15, 0.2) is 48.8 Å². The van der Waals surface area contributed by atoms with Crippen LogP contribution in [0.3, 0.4) is 0 Å². The molecular formula is C20H18N6O2. The number of aryl methyl sites for hydroxylation is 1. The van der Waals surface area contributed by atoms with Crippen LogP contribution >= 0.6 is 0 Å². The summed E-state index contributed by atoms with van der Waals surface area (Å²) in [6.45, 7) is 1.97. The van der Waals surface area contributed by atoms with Crippen LogP contribution in [0.1, 0.15) is 15.9 Å². The van der Waals surface area contributed by atoms with Crippen LogP contribution in [0.4, 0.5) is 11.5 Å². The second-order valence-corrected chi connectivity index (χ2v) is 6.25. The number of aromatic amines is 1. The number of primary amides is 1. The van der Waals surface area contributed by atoms with Gasteiger partial charge in [-0.3, -0.25) is 4.79 Å². The Hall–Kier alpha value is -3.94. The summed E-state index contributed by atoms with van der Waals surface area (Å²) in [6, 6.07) is 12.6. The van der Waals surface area contributed by atoms with Crippen molar-refractivity contribution in [3.05, 3.63) is 59.9 Å². The Kier molecular flexibility index (Phi) is 4.36. The van der Waals surface area contributed by atoms with Crippen LogP contribution in [0.5, 0.6) is 5.75 Å². The molecule has 0 bridgehead atoms. The molecule has 2 aromatic heterocycles. The van der Waals surface area contributed by atoms with E-state index in [-0.39, 0.29) is 0 Å². The van der Waals surface area contributed by atoms with Gasteiger partial charge in [0.15, 0.2) is 17.3 Å². The summed E-state index contributed by atoms with van der Waals surface area (Å²) in [5, 5.41) is 3.31. The lowest BCUT2D eigenvalue weighted by atomic mass is 10.1. The Morgan fingerprint density at radius 1 is 1.14 bits per heavy atom. The molecule has 4 aromatic rings. The first kappa shape index (κ1) is 17.5. The first-order chi connectivity index (χ1) is 13.5. The van der Waals surface area contributed by atoms with Crippen LogP contribution in [0.25, 0.3) is 22.6 Å². The summed E-state index contributed by atoms with van der Waals surface area (Å²) >= 11 is 0. The zero-order valence-electron chi connectivity index (χ0n) is 15.4. The number of amides is 1. The Balaban J connectivity index is 1.75. The number of nitrogens with zero attached hydrogens (tertiary/aromatic N) is 3. The number of nitrogens with one attached hydrogen (secondary N) is 2. The fourth-order valence-corrected chi connectivity index (χ4v) is 2.93. The number of anilines is 2. The van der Waals surface area contributed by atoms with Crippen molar-refractivity contribution in [2.75, 3.05) is 12.4 Å². The Morgan fingerprint density at radius 3 is 2.61 bits per heavy atom. The van der Waals surface area contributed by atoms with Gasteiger partial charge in [-0.25, -0.2) is 15.0 Å². The number of H-pyrrole nitrogens is 1. The summed E-state index contributed by atoms with van der Waals surface area (Å²) in [6.07, 6.45) is 1.57. The predicted octanol–water partition coefficient (Wildman–Crippen LogP) is 3.18. The van der Waals surface area contributed by atoms with Crippen LogP contribution in [0, 0.1) is 6.92 Å². The molecule has 0 radical (unpaired) electrons. The molecule has 1 amide bonds. The predicted molar refractivity (Wildman–Crippen MR) is 107 cm³/mol. The number of ether oxygens (including phenoxy) is 1. The normalized spacial score (nSPS) is 10.8. The standard InChI is InChI=1S/C20H18N6O2/c1-11-9-14(7-8-15(11)28-2)24-20-16-19(23-10-22-16)25-18(26-20)13-5-3-12(4-6-13)17(21)27/h3-10H,1-2H3,(H2,21,27)(H2,22,23,24,25,26). The third-order valence-electron chi connectivity index (χ3n) is 4.37. The number of fused-ring (bicyclic) bond motifs is 1. The number of nitrogens with two attached hydrogens (primary N) is 1. The van der Waals surface area contributed by atoms with Gasteiger partial charge in [-0.15, -0.1) is 0 Å². The van der Waals surface area contributed by atoms with Crippen molar-refractivity contribution in [1.82, 2.24) is 19.9 Å². The van der Waals surface area contributed by atoms with Crippen molar-refractivity contribution in [2.45, 2.75) is 6.92 Å². The average Bonchev–Trinajstić information content (AvgIpc) is 3.17. The zero-order valence-corrected chi connectivity index (χ0v) is 15.4. The first-order valence-electron chi connectivity index (χ1n) is 8.58. The van der Waals surface area contributed by atoms with E-state index in [4.69, 9.17) is 10.5 Å². The number of benzene rings is 2. The first-order valence-corrected chi connectivity index (χ1v) is 8.58. The fraction of sp³-hybridized carbons (Fsp3) is 0.100. The molecule has 0 atom stereocenters. The number of methoxy groups -OCH3 is 1. The number of carbonyl (C=O) groups is 1. The Bertz CT molecular complexity index is 1170. The molecule has 0 aliphatic carbocycles. The minimum atomic E-state index is -0.479. The molecule has 0 saturated heterocycles. The van der Waals surface area contributed by atoms with E-state index in [0.29, 0.717) is 28.4 Å². The summed E-state index contributed by atoms with van der Waals surface area (Å²) in [5.41, 5.74) is 9.59. The van der Waals surface area contributed by atoms with Gasteiger partial charge in [-0.05, 0) is 42.8 Å². The SMILES string of the molecule is COc1ccc(Nc2nc(-c3ccc(C(N)=O)cc3)nc3nc[nH]c23)cc1C. The summed E-state index contributed by atoms with van der Waals surface area (Å²) < 4.78 is 5.31. The highest BCUT2D eigenvalue weighted by atomic mass is 16.5. The van der Waals surface area contributed by atoms with E-state index in [1.807, 2.05) is 25.1 Å². The molecule has 0 spiro atoms. The van der Waals surface area contributed by atoms with Crippen LogP contribution < -0.4 is 15.8 Å². The molecule has 140 valence electrons. The number of carbonyl (C=O) groups excluding carboxylic acids is 1. The van der Waals surface area contributed by atoms with E-state index in [9.17, 15) is 4.79 Å². The van der Waals surface area contributed by atoms with Gasteiger partial charge in [0.1, 0.15) is 11.3 Å². The monoisotopic (exact) mass is 374 g/mol. The molecule has 0 aliphatic rings. The van der Waals surface area contributed by atoms with Gasteiger partial charge in [0, 0.05) is 16.8 Å². The molecule has 2 heterocycles. The fourth-order valence-electron chi connectivity index (χ4n) is 2.93. The number of hydrogen-bond donors (Lipinski definition) is 3. The van der Waals surface area contributed by atoms with Crippen molar-refractivity contribution in [1.29, 1.82) is 0 Å². The van der Waals surface area contributed by atoms with E-state index in [2.05, 4.69) is 25.3 Å². The minimum Gasteiger partial charge on any atom is -0.496 e. The summed E-state index contributed by atoms with van der Waals surface area (Å²) in [7, 11) is 1.64.